The minimum atomic E-state index is 0.585. The van der Waals surface area contributed by atoms with Crippen LogP contribution in [0.25, 0.3) is 10.9 Å². The summed E-state index contributed by atoms with van der Waals surface area (Å²) >= 11 is 3.58. The van der Waals surface area contributed by atoms with Crippen LogP contribution in [0.2, 0.25) is 0 Å². The second-order valence-corrected chi connectivity index (χ2v) is 6.74. The highest BCUT2D eigenvalue weighted by molar-refractivity contribution is 9.10. The van der Waals surface area contributed by atoms with Gasteiger partial charge >= 0.3 is 0 Å². The normalized spacial score (nSPS) is 14.6. The Bertz CT molecular complexity index is 631. The van der Waals surface area contributed by atoms with Gasteiger partial charge in [-0.25, -0.2) is 9.97 Å². The van der Waals surface area contributed by atoms with Gasteiger partial charge in [-0.05, 0) is 43.9 Å². The van der Waals surface area contributed by atoms with Crippen molar-refractivity contribution >= 4 is 32.7 Å². The van der Waals surface area contributed by atoms with Crippen molar-refractivity contribution < 1.29 is 0 Å². The van der Waals surface area contributed by atoms with E-state index >= 15 is 0 Å². The highest BCUT2D eigenvalue weighted by atomic mass is 79.9. The largest absolute Gasteiger partial charge is 0.356 e. The van der Waals surface area contributed by atoms with Gasteiger partial charge in [0.25, 0.3) is 0 Å². The third-order valence-corrected chi connectivity index (χ3v) is 4.38. The van der Waals surface area contributed by atoms with E-state index in [0.29, 0.717) is 5.92 Å². The molecule has 0 spiro atoms. The van der Waals surface area contributed by atoms with E-state index in [1.165, 1.54) is 12.8 Å². The van der Waals surface area contributed by atoms with E-state index in [1.807, 2.05) is 0 Å². The Morgan fingerprint density at radius 2 is 1.86 bits per heavy atom. The molecule has 2 aromatic rings. The third kappa shape index (κ3) is 3.20. The van der Waals surface area contributed by atoms with Crippen LogP contribution in [0.4, 0.5) is 5.82 Å². The summed E-state index contributed by atoms with van der Waals surface area (Å²) in [4.78, 5) is 12.1. The molecule has 0 N–H and O–H groups in total. The zero-order valence-corrected chi connectivity index (χ0v) is 14.4. The first kappa shape index (κ1) is 14.8. The lowest BCUT2D eigenvalue weighted by Crippen LogP contribution is -2.26. The molecule has 3 nitrogen and oxygen atoms in total. The van der Waals surface area contributed by atoms with Gasteiger partial charge in [-0.1, -0.05) is 29.8 Å². The Morgan fingerprint density at radius 3 is 2.48 bits per heavy atom. The molecule has 1 aliphatic carbocycles. The lowest BCUT2D eigenvalue weighted by molar-refractivity contribution is 0.731. The fraction of sp³-hybridized carbons (Fsp3) is 0.529. The van der Waals surface area contributed by atoms with Gasteiger partial charge in [-0.2, -0.15) is 0 Å². The second kappa shape index (κ2) is 6.30. The summed E-state index contributed by atoms with van der Waals surface area (Å²) < 4.78 is 1.09. The van der Waals surface area contributed by atoms with E-state index in [1.54, 1.807) is 0 Å². The molecule has 112 valence electrons. The fourth-order valence-corrected chi connectivity index (χ4v) is 3.09. The topological polar surface area (TPSA) is 29.0 Å². The molecule has 1 aromatic heterocycles. The van der Waals surface area contributed by atoms with E-state index in [9.17, 15) is 0 Å². The molecule has 3 rings (SSSR count). The molecule has 0 amide bonds. The van der Waals surface area contributed by atoms with Crippen LogP contribution in [0.3, 0.4) is 0 Å². The van der Waals surface area contributed by atoms with Crippen molar-refractivity contribution in [3.8, 4) is 0 Å². The van der Waals surface area contributed by atoms with Gasteiger partial charge < -0.3 is 4.90 Å². The maximum absolute atomic E-state index is 4.94. The minimum absolute atomic E-state index is 0.585. The summed E-state index contributed by atoms with van der Waals surface area (Å²) in [6, 6.07) is 6.33. The van der Waals surface area contributed by atoms with Crippen molar-refractivity contribution in [1.82, 2.24) is 9.97 Å². The van der Waals surface area contributed by atoms with E-state index in [2.05, 4.69) is 52.9 Å². The predicted molar refractivity (Wildman–Crippen MR) is 92.0 cm³/mol. The SMILES string of the molecule is CCCN(CCC)c1nc(C2CC2)nc2ccc(Br)cc12. The van der Waals surface area contributed by atoms with E-state index in [4.69, 9.17) is 9.97 Å². The first-order valence-electron chi connectivity index (χ1n) is 7.95. The molecule has 1 saturated carbocycles. The molecule has 0 saturated heterocycles. The highest BCUT2D eigenvalue weighted by Gasteiger charge is 2.28. The number of hydrogen-bond acceptors (Lipinski definition) is 3. The van der Waals surface area contributed by atoms with Crippen molar-refractivity contribution in [1.29, 1.82) is 0 Å². The number of nitrogens with zero attached hydrogens (tertiary/aromatic N) is 3. The molecule has 1 aromatic carbocycles. The van der Waals surface area contributed by atoms with Crippen molar-refractivity contribution in [2.45, 2.75) is 45.4 Å². The van der Waals surface area contributed by atoms with Crippen LogP contribution < -0.4 is 4.90 Å². The summed E-state index contributed by atoms with van der Waals surface area (Å²) in [5.41, 5.74) is 1.07. The molecule has 1 heterocycles. The molecule has 1 aliphatic rings. The van der Waals surface area contributed by atoms with Crippen molar-refractivity contribution in [3.63, 3.8) is 0 Å². The maximum atomic E-state index is 4.94. The molecule has 1 fully saturated rings. The summed E-state index contributed by atoms with van der Waals surface area (Å²) in [6.45, 7) is 6.56. The first-order chi connectivity index (χ1) is 10.2. The zero-order chi connectivity index (χ0) is 14.8. The summed E-state index contributed by atoms with van der Waals surface area (Å²) in [5.74, 6) is 2.74. The van der Waals surface area contributed by atoms with Crippen LogP contribution in [0.1, 0.15) is 51.3 Å². The monoisotopic (exact) mass is 347 g/mol. The number of benzene rings is 1. The predicted octanol–water partition coefficient (Wildman–Crippen LogP) is 4.90. The quantitative estimate of drug-likeness (QED) is 0.744. The smallest absolute Gasteiger partial charge is 0.140 e. The summed E-state index contributed by atoms with van der Waals surface area (Å²) in [5, 5.41) is 1.16. The Hall–Kier alpha value is -1.16. The number of hydrogen-bond donors (Lipinski definition) is 0. The molecule has 0 radical (unpaired) electrons. The molecule has 0 atom stereocenters. The lowest BCUT2D eigenvalue weighted by Gasteiger charge is -2.24. The Labute approximate surface area is 134 Å². The third-order valence-electron chi connectivity index (χ3n) is 3.88. The van der Waals surface area contributed by atoms with Gasteiger partial charge in [-0.15, -0.1) is 0 Å². The van der Waals surface area contributed by atoms with Crippen molar-refractivity contribution in [2.24, 2.45) is 0 Å². The van der Waals surface area contributed by atoms with E-state index in [0.717, 1.165) is 52.9 Å². The molecule has 4 heteroatoms. The van der Waals surface area contributed by atoms with Crippen LogP contribution in [0, 0.1) is 0 Å². The molecular weight excluding hydrogens is 326 g/mol. The number of halogens is 1. The molecule has 0 unspecified atom stereocenters. The summed E-state index contributed by atoms with van der Waals surface area (Å²) in [7, 11) is 0. The maximum Gasteiger partial charge on any atom is 0.140 e. The minimum Gasteiger partial charge on any atom is -0.356 e. The molecule has 0 bridgehead atoms. The summed E-state index contributed by atoms with van der Waals surface area (Å²) in [6.07, 6.45) is 4.75. The van der Waals surface area contributed by atoms with Crippen LogP contribution in [0.5, 0.6) is 0 Å². The Balaban J connectivity index is 2.13. The van der Waals surface area contributed by atoms with Gasteiger partial charge in [0, 0.05) is 28.9 Å². The van der Waals surface area contributed by atoms with Gasteiger partial charge in [0.1, 0.15) is 11.6 Å². The van der Waals surface area contributed by atoms with Gasteiger partial charge in [-0.3, -0.25) is 0 Å². The molecule has 21 heavy (non-hydrogen) atoms. The number of rotatable bonds is 6. The van der Waals surface area contributed by atoms with Crippen LogP contribution >= 0.6 is 15.9 Å². The fourth-order valence-electron chi connectivity index (χ4n) is 2.73. The van der Waals surface area contributed by atoms with E-state index < -0.39 is 0 Å². The Morgan fingerprint density at radius 1 is 1.14 bits per heavy atom. The number of anilines is 1. The molecular formula is C17H22BrN3. The van der Waals surface area contributed by atoms with E-state index in [-0.39, 0.29) is 0 Å². The van der Waals surface area contributed by atoms with Gasteiger partial charge in [0.2, 0.25) is 0 Å². The highest BCUT2D eigenvalue weighted by Crippen LogP contribution is 2.40. The standard InChI is InChI=1S/C17H22BrN3/c1-3-9-21(10-4-2)17-14-11-13(18)7-8-15(14)19-16(20-17)12-5-6-12/h7-8,11-12H,3-6,9-10H2,1-2H3. The van der Waals surface area contributed by atoms with Crippen molar-refractivity contribution in [3.05, 3.63) is 28.5 Å². The van der Waals surface area contributed by atoms with Crippen molar-refractivity contribution in [2.75, 3.05) is 18.0 Å². The van der Waals surface area contributed by atoms with Crippen LogP contribution in [-0.4, -0.2) is 23.1 Å². The van der Waals surface area contributed by atoms with Gasteiger partial charge in [0.05, 0.1) is 5.52 Å². The lowest BCUT2D eigenvalue weighted by atomic mass is 10.2. The average Bonchev–Trinajstić information content (AvgIpc) is 3.31. The molecule has 0 aliphatic heterocycles. The number of fused-ring (bicyclic) bond motifs is 1. The first-order valence-corrected chi connectivity index (χ1v) is 8.74. The number of aromatic nitrogens is 2. The second-order valence-electron chi connectivity index (χ2n) is 5.83. The van der Waals surface area contributed by atoms with Gasteiger partial charge in [0.15, 0.2) is 0 Å². The van der Waals surface area contributed by atoms with Crippen LogP contribution in [0.15, 0.2) is 22.7 Å². The van der Waals surface area contributed by atoms with Crippen LogP contribution in [-0.2, 0) is 0 Å². The zero-order valence-electron chi connectivity index (χ0n) is 12.8. The average molecular weight is 348 g/mol. The Kier molecular flexibility index (Phi) is 4.43.